The molecule has 2 nitrogen and oxygen atoms in total. The Morgan fingerprint density at radius 2 is 1.40 bits per heavy atom. The lowest BCUT2D eigenvalue weighted by Crippen LogP contribution is -2.04. The Balaban J connectivity index is 1.65. The molecule has 0 N–H and O–H groups in total. The Kier molecular flexibility index (Phi) is 5.20. The molecule has 30 heavy (non-hydrogen) atoms. The lowest BCUT2D eigenvalue weighted by atomic mass is 10.0. The van der Waals surface area contributed by atoms with Gasteiger partial charge in [0.1, 0.15) is 5.75 Å². The summed E-state index contributed by atoms with van der Waals surface area (Å²) in [5.74, 6) is 0.836. The molecule has 0 atom stereocenters. The van der Waals surface area contributed by atoms with Crippen LogP contribution in [0.25, 0.3) is 33.3 Å². The Morgan fingerprint density at radius 1 is 0.800 bits per heavy atom. The van der Waals surface area contributed by atoms with Gasteiger partial charge in [0.2, 0.25) is 0 Å². The number of ether oxygens (including phenoxy) is 1. The SMILES string of the molecule is CCOc1ccc(-c2ccc(-c3cc(C)c4cc(C(F)(F)F)ccc4n3)cc2)cc1. The maximum absolute atomic E-state index is 13.0. The van der Waals surface area contributed by atoms with E-state index in [1.807, 2.05) is 68.4 Å². The first kappa shape index (κ1) is 20.0. The monoisotopic (exact) mass is 407 g/mol. The van der Waals surface area contributed by atoms with Crippen molar-refractivity contribution in [1.82, 2.24) is 4.98 Å². The number of aromatic nitrogens is 1. The van der Waals surface area contributed by atoms with E-state index >= 15 is 0 Å². The van der Waals surface area contributed by atoms with Gasteiger partial charge in [-0.1, -0.05) is 36.4 Å². The molecule has 0 aliphatic carbocycles. The molecule has 4 rings (SSSR count). The number of alkyl halides is 3. The topological polar surface area (TPSA) is 22.1 Å². The minimum absolute atomic E-state index is 0.514. The third-order valence-electron chi connectivity index (χ3n) is 5.02. The molecule has 0 saturated carbocycles. The number of hydrogen-bond donors (Lipinski definition) is 0. The Hall–Kier alpha value is -3.34. The van der Waals surface area contributed by atoms with Crippen LogP contribution in [0.4, 0.5) is 13.2 Å². The summed E-state index contributed by atoms with van der Waals surface area (Å²) in [6.07, 6.45) is -4.37. The second-order valence-electron chi connectivity index (χ2n) is 7.09. The molecule has 0 aliphatic rings. The average molecular weight is 407 g/mol. The van der Waals surface area contributed by atoms with Gasteiger partial charge in [0.15, 0.2) is 0 Å². The van der Waals surface area contributed by atoms with E-state index in [0.717, 1.165) is 45.8 Å². The van der Waals surface area contributed by atoms with E-state index < -0.39 is 11.7 Å². The second-order valence-corrected chi connectivity index (χ2v) is 7.09. The molecular formula is C25H20F3NO. The number of rotatable bonds is 4. The molecule has 0 radical (unpaired) electrons. The summed E-state index contributed by atoms with van der Waals surface area (Å²) < 4.78 is 44.5. The third-order valence-corrected chi connectivity index (χ3v) is 5.02. The first-order valence-corrected chi connectivity index (χ1v) is 9.67. The number of nitrogens with zero attached hydrogens (tertiary/aromatic N) is 1. The first-order chi connectivity index (χ1) is 14.3. The summed E-state index contributed by atoms with van der Waals surface area (Å²) in [7, 11) is 0. The highest BCUT2D eigenvalue weighted by Gasteiger charge is 2.30. The van der Waals surface area contributed by atoms with Gasteiger partial charge in [-0.3, -0.25) is 0 Å². The largest absolute Gasteiger partial charge is 0.494 e. The van der Waals surface area contributed by atoms with E-state index in [9.17, 15) is 13.2 Å². The van der Waals surface area contributed by atoms with Gasteiger partial charge in [-0.15, -0.1) is 0 Å². The van der Waals surface area contributed by atoms with Crippen LogP contribution in [0.1, 0.15) is 18.1 Å². The van der Waals surface area contributed by atoms with Crippen LogP contribution in [0.5, 0.6) is 5.75 Å². The molecule has 3 aromatic carbocycles. The van der Waals surface area contributed by atoms with Gasteiger partial charge in [0, 0.05) is 10.9 Å². The minimum atomic E-state index is -4.37. The number of benzene rings is 3. The zero-order valence-corrected chi connectivity index (χ0v) is 16.6. The summed E-state index contributed by atoms with van der Waals surface area (Å²) in [4.78, 5) is 4.58. The molecule has 0 unspecified atom stereocenters. The quantitative estimate of drug-likeness (QED) is 0.354. The fourth-order valence-corrected chi connectivity index (χ4v) is 3.46. The molecule has 0 saturated heterocycles. The molecule has 0 aliphatic heterocycles. The van der Waals surface area contributed by atoms with E-state index in [-0.39, 0.29) is 0 Å². The van der Waals surface area contributed by atoms with Crippen molar-refractivity contribution in [2.24, 2.45) is 0 Å². The average Bonchev–Trinajstić information content (AvgIpc) is 2.74. The molecule has 1 aromatic heterocycles. The summed E-state index contributed by atoms with van der Waals surface area (Å²) in [6.45, 7) is 4.39. The third kappa shape index (κ3) is 4.01. The van der Waals surface area contributed by atoms with Gasteiger partial charge in [-0.25, -0.2) is 4.98 Å². The van der Waals surface area contributed by atoms with Gasteiger partial charge in [-0.2, -0.15) is 13.2 Å². The molecule has 152 valence electrons. The highest BCUT2D eigenvalue weighted by Crippen LogP contribution is 2.33. The normalized spacial score (nSPS) is 11.6. The fourth-order valence-electron chi connectivity index (χ4n) is 3.46. The Bertz CT molecular complexity index is 1180. The predicted octanol–water partition coefficient (Wildman–Crippen LogP) is 7.29. The molecule has 1 heterocycles. The molecule has 5 heteroatoms. The van der Waals surface area contributed by atoms with E-state index in [2.05, 4.69) is 4.98 Å². The number of aryl methyl sites for hydroxylation is 1. The number of fused-ring (bicyclic) bond motifs is 1. The van der Waals surface area contributed by atoms with Crippen LogP contribution in [-0.2, 0) is 6.18 Å². The van der Waals surface area contributed by atoms with Crippen molar-refractivity contribution in [3.63, 3.8) is 0 Å². The summed E-state index contributed by atoms with van der Waals surface area (Å²) >= 11 is 0. The second kappa shape index (κ2) is 7.82. The van der Waals surface area contributed by atoms with Gasteiger partial charge in [0.05, 0.1) is 23.4 Å². The molecular weight excluding hydrogens is 387 g/mol. The van der Waals surface area contributed by atoms with Gasteiger partial charge in [0.25, 0.3) is 0 Å². The van der Waals surface area contributed by atoms with E-state index in [1.54, 1.807) is 0 Å². The smallest absolute Gasteiger partial charge is 0.416 e. The van der Waals surface area contributed by atoms with Crippen LogP contribution in [-0.4, -0.2) is 11.6 Å². The summed E-state index contributed by atoms with van der Waals surface area (Å²) in [5.41, 5.74) is 4.44. The minimum Gasteiger partial charge on any atom is -0.494 e. The number of halogens is 3. The zero-order valence-electron chi connectivity index (χ0n) is 16.6. The van der Waals surface area contributed by atoms with Crippen molar-refractivity contribution in [3.8, 4) is 28.1 Å². The van der Waals surface area contributed by atoms with Crippen molar-refractivity contribution in [1.29, 1.82) is 0 Å². The lowest BCUT2D eigenvalue weighted by molar-refractivity contribution is -0.137. The van der Waals surface area contributed by atoms with Gasteiger partial charge >= 0.3 is 6.18 Å². The Labute approximate surface area is 173 Å². The van der Waals surface area contributed by atoms with E-state index in [0.29, 0.717) is 17.5 Å². The molecule has 0 spiro atoms. The highest BCUT2D eigenvalue weighted by molar-refractivity contribution is 5.86. The summed E-state index contributed by atoms with van der Waals surface area (Å²) in [5, 5.41) is 0.514. The van der Waals surface area contributed by atoms with Crippen LogP contribution in [0.2, 0.25) is 0 Å². The molecule has 0 fully saturated rings. The van der Waals surface area contributed by atoms with Crippen molar-refractivity contribution in [3.05, 3.63) is 83.9 Å². The zero-order chi connectivity index (χ0) is 21.3. The summed E-state index contributed by atoms with van der Waals surface area (Å²) in [6, 6.07) is 21.4. The van der Waals surface area contributed by atoms with Crippen molar-refractivity contribution < 1.29 is 17.9 Å². The van der Waals surface area contributed by atoms with E-state index in [4.69, 9.17) is 4.74 Å². The molecule has 0 amide bonds. The van der Waals surface area contributed by atoms with E-state index in [1.165, 1.54) is 6.07 Å². The highest BCUT2D eigenvalue weighted by atomic mass is 19.4. The molecule has 0 bridgehead atoms. The van der Waals surface area contributed by atoms with Crippen molar-refractivity contribution in [2.75, 3.05) is 6.61 Å². The van der Waals surface area contributed by atoms with Crippen LogP contribution in [0.3, 0.4) is 0 Å². The lowest BCUT2D eigenvalue weighted by Gasteiger charge is -2.11. The van der Waals surface area contributed by atoms with Crippen LogP contribution in [0.15, 0.2) is 72.8 Å². The van der Waals surface area contributed by atoms with Gasteiger partial charge in [-0.05, 0) is 66.9 Å². The van der Waals surface area contributed by atoms with Crippen LogP contribution in [0, 0.1) is 6.92 Å². The van der Waals surface area contributed by atoms with Crippen LogP contribution >= 0.6 is 0 Å². The maximum atomic E-state index is 13.0. The van der Waals surface area contributed by atoms with Crippen molar-refractivity contribution in [2.45, 2.75) is 20.0 Å². The Morgan fingerprint density at radius 3 is 2.00 bits per heavy atom. The standard InChI is InChI=1S/C25H20F3NO/c1-3-30-21-11-8-18(9-12-21)17-4-6-19(7-5-17)24-14-16(2)22-15-20(25(26,27)28)10-13-23(22)29-24/h4-15H,3H2,1-2H3. The predicted molar refractivity (Wildman–Crippen MR) is 114 cm³/mol. The van der Waals surface area contributed by atoms with Crippen LogP contribution < -0.4 is 4.74 Å². The maximum Gasteiger partial charge on any atom is 0.416 e. The first-order valence-electron chi connectivity index (χ1n) is 9.67. The molecule has 4 aromatic rings. The number of hydrogen-bond acceptors (Lipinski definition) is 2. The van der Waals surface area contributed by atoms with Gasteiger partial charge < -0.3 is 4.74 Å². The number of pyridine rings is 1. The fraction of sp³-hybridized carbons (Fsp3) is 0.160. The van der Waals surface area contributed by atoms with Crippen molar-refractivity contribution >= 4 is 10.9 Å².